The van der Waals surface area contributed by atoms with Gasteiger partial charge in [-0.3, -0.25) is 0 Å². The van der Waals surface area contributed by atoms with E-state index < -0.39 is 11.6 Å². The van der Waals surface area contributed by atoms with Gasteiger partial charge in [0, 0.05) is 17.5 Å². The van der Waals surface area contributed by atoms with Crippen molar-refractivity contribution < 1.29 is 8.78 Å². The summed E-state index contributed by atoms with van der Waals surface area (Å²) in [6, 6.07) is 4.28. The van der Waals surface area contributed by atoms with Crippen molar-refractivity contribution in [2.45, 2.75) is 10.8 Å². The summed E-state index contributed by atoms with van der Waals surface area (Å²) in [6.07, 6.45) is 2.99. The summed E-state index contributed by atoms with van der Waals surface area (Å²) in [6.45, 7) is 0. The Hall–Kier alpha value is -1.01. The van der Waals surface area contributed by atoms with E-state index in [9.17, 15) is 8.78 Å². The molecular formula is C11H7BrF2N2S. The quantitative estimate of drug-likeness (QED) is 0.489. The van der Waals surface area contributed by atoms with Crippen LogP contribution >= 0.6 is 27.7 Å². The van der Waals surface area contributed by atoms with Crippen molar-refractivity contribution >= 4 is 27.7 Å². The highest BCUT2D eigenvalue weighted by atomic mass is 79.9. The number of thioether (sulfide) groups is 1. The van der Waals surface area contributed by atoms with Crippen molar-refractivity contribution in [2.24, 2.45) is 0 Å². The van der Waals surface area contributed by atoms with Gasteiger partial charge in [0.15, 0.2) is 0 Å². The van der Waals surface area contributed by atoms with Crippen molar-refractivity contribution in [1.82, 2.24) is 9.97 Å². The molecule has 0 fully saturated rings. The summed E-state index contributed by atoms with van der Waals surface area (Å²) in [5, 5.41) is 0.679. The fraction of sp³-hybridized carbons (Fsp3) is 0.0909. The molecule has 0 aliphatic heterocycles. The first kappa shape index (κ1) is 12.4. The summed E-state index contributed by atoms with van der Waals surface area (Å²) in [7, 11) is 0. The number of rotatable bonds is 3. The molecule has 2 aromatic rings. The molecule has 1 heterocycles. The molecule has 17 heavy (non-hydrogen) atoms. The number of nitrogens with zero attached hydrogens (tertiary/aromatic N) is 2. The van der Waals surface area contributed by atoms with Crippen LogP contribution in [-0.4, -0.2) is 9.97 Å². The van der Waals surface area contributed by atoms with E-state index in [1.807, 2.05) is 0 Å². The van der Waals surface area contributed by atoms with Crippen LogP contribution in [0.15, 0.2) is 40.2 Å². The molecule has 0 radical (unpaired) electrons. The standard InChI is InChI=1S/C11H7BrF2N2S/c12-8-1-2-9(13)7(11(8)14)5-17-10-3-4-15-6-16-10/h1-4,6H,5H2. The predicted octanol–water partition coefficient (Wildman–Crippen LogP) is 3.81. The molecule has 0 atom stereocenters. The summed E-state index contributed by atoms with van der Waals surface area (Å²) in [4.78, 5) is 7.74. The molecule has 0 aliphatic carbocycles. The van der Waals surface area contributed by atoms with E-state index in [1.165, 1.54) is 30.2 Å². The highest BCUT2D eigenvalue weighted by Gasteiger charge is 2.12. The van der Waals surface area contributed by atoms with Gasteiger partial charge in [-0.1, -0.05) is 0 Å². The van der Waals surface area contributed by atoms with Crippen LogP contribution in [0.5, 0.6) is 0 Å². The summed E-state index contributed by atoms with van der Waals surface area (Å²) in [5.74, 6) is -0.924. The molecule has 0 unspecified atom stereocenters. The van der Waals surface area contributed by atoms with Gasteiger partial charge in [0.25, 0.3) is 0 Å². The average Bonchev–Trinajstić information content (AvgIpc) is 2.35. The Morgan fingerprint density at radius 3 is 2.76 bits per heavy atom. The smallest absolute Gasteiger partial charge is 0.144 e. The number of benzene rings is 1. The van der Waals surface area contributed by atoms with Crippen molar-refractivity contribution in [3.8, 4) is 0 Å². The molecule has 6 heteroatoms. The Bertz CT molecular complexity index is 522. The Labute approximate surface area is 110 Å². The predicted molar refractivity (Wildman–Crippen MR) is 65.7 cm³/mol. The lowest BCUT2D eigenvalue weighted by Gasteiger charge is -2.05. The van der Waals surface area contributed by atoms with Crippen LogP contribution in [0.2, 0.25) is 0 Å². The largest absolute Gasteiger partial charge is 0.245 e. The van der Waals surface area contributed by atoms with Gasteiger partial charge in [0.05, 0.1) is 9.50 Å². The van der Waals surface area contributed by atoms with E-state index in [4.69, 9.17) is 0 Å². The van der Waals surface area contributed by atoms with Crippen LogP contribution in [0.4, 0.5) is 8.78 Å². The van der Waals surface area contributed by atoms with Crippen molar-refractivity contribution in [2.75, 3.05) is 0 Å². The number of halogens is 3. The third-order valence-corrected chi connectivity index (χ3v) is 3.64. The van der Waals surface area contributed by atoms with Gasteiger partial charge in [0.1, 0.15) is 18.0 Å². The Balaban J connectivity index is 2.17. The zero-order valence-electron chi connectivity index (χ0n) is 8.53. The molecule has 1 aromatic heterocycles. The maximum atomic E-state index is 13.6. The molecule has 2 rings (SSSR count). The first-order valence-electron chi connectivity index (χ1n) is 4.69. The second-order valence-corrected chi connectivity index (χ2v) is 5.01. The molecule has 0 bridgehead atoms. The maximum absolute atomic E-state index is 13.6. The van der Waals surface area contributed by atoms with Crippen LogP contribution in [0.1, 0.15) is 5.56 Å². The molecule has 0 amide bonds. The molecular weight excluding hydrogens is 310 g/mol. The van der Waals surface area contributed by atoms with Gasteiger partial charge in [-0.05, 0) is 34.1 Å². The second kappa shape index (κ2) is 5.55. The summed E-state index contributed by atoms with van der Waals surface area (Å²) >= 11 is 4.29. The maximum Gasteiger partial charge on any atom is 0.144 e. The minimum absolute atomic E-state index is 0.0444. The van der Waals surface area contributed by atoms with Crippen molar-refractivity contribution in [3.05, 3.63) is 52.4 Å². The summed E-state index contributed by atoms with van der Waals surface area (Å²) in [5.41, 5.74) is 0.0444. The highest BCUT2D eigenvalue weighted by Crippen LogP contribution is 2.27. The van der Waals surface area contributed by atoms with Gasteiger partial charge in [-0.15, -0.1) is 11.8 Å². The second-order valence-electron chi connectivity index (χ2n) is 3.16. The Morgan fingerprint density at radius 2 is 2.06 bits per heavy atom. The topological polar surface area (TPSA) is 25.8 Å². The van der Waals surface area contributed by atoms with E-state index in [0.717, 1.165) is 0 Å². The van der Waals surface area contributed by atoms with E-state index in [0.29, 0.717) is 5.03 Å². The minimum atomic E-state index is -0.563. The van der Waals surface area contributed by atoms with Gasteiger partial charge >= 0.3 is 0 Å². The van der Waals surface area contributed by atoms with Crippen LogP contribution in [0, 0.1) is 11.6 Å². The Kier molecular flexibility index (Phi) is 4.06. The molecule has 2 nitrogen and oxygen atoms in total. The van der Waals surface area contributed by atoms with Gasteiger partial charge in [-0.25, -0.2) is 18.7 Å². The van der Waals surface area contributed by atoms with Gasteiger partial charge in [0.2, 0.25) is 0 Å². The molecule has 0 saturated carbocycles. The summed E-state index contributed by atoms with van der Waals surface area (Å²) < 4.78 is 27.3. The molecule has 0 N–H and O–H groups in total. The number of hydrogen-bond donors (Lipinski definition) is 0. The normalized spacial score (nSPS) is 10.5. The lowest BCUT2D eigenvalue weighted by atomic mass is 10.2. The average molecular weight is 317 g/mol. The van der Waals surface area contributed by atoms with Crippen molar-refractivity contribution in [1.29, 1.82) is 0 Å². The zero-order valence-corrected chi connectivity index (χ0v) is 10.9. The van der Waals surface area contributed by atoms with Crippen LogP contribution < -0.4 is 0 Å². The molecule has 0 saturated heterocycles. The first-order chi connectivity index (χ1) is 8.18. The fourth-order valence-corrected chi connectivity index (χ4v) is 2.42. The van der Waals surface area contributed by atoms with E-state index >= 15 is 0 Å². The van der Waals surface area contributed by atoms with Crippen LogP contribution in [-0.2, 0) is 5.75 Å². The molecule has 0 aliphatic rings. The van der Waals surface area contributed by atoms with Gasteiger partial charge < -0.3 is 0 Å². The van der Waals surface area contributed by atoms with Crippen LogP contribution in [0.3, 0.4) is 0 Å². The molecule has 88 valence electrons. The molecule has 1 aromatic carbocycles. The lowest BCUT2D eigenvalue weighted by molar-refractivity contribution is 0.562. The third-order valence-electron chi connectivity index (χ3n) is 2.06. The minimum Gasteiger partial charge on any atom is -0.245 e. The fourth-order valence-electron chi connectivity index (χ4n) is 1.21. The van der Waals surface area contributed by atoms with Gasteiger partial charge in [-0.2, -0.15) is 0 Å². The van der Waals surface area contributed by atoms with E-state index in [2.05, 4.69) is 25.9 Å². The third kappa shape index (κ3) is 3.01. The monoisotopic (exact) mass is 316 g/mol. The number of aromatic nitrogens is 2. The Morgan fingerprint density at radius 1 is 1.24 bits per heavy atom. The van der Waals surface area contributed by atoms with E-state index in [1.54, 1.807) is 12.3 Å². The highest BCUT2D eigenvalue weighted by molar-refractivity contribution is 9.10. The van der Waals surface area contributed by atoms with E-state index in [-0.39, 0.29) is 15.8 Å². The molecule has 0 spiro atoms. The SMILES string of the molecule is Fc1ccc(Br)c(F)c1CSc1ccncn1. The van der Waals surface area contributed by atoms with Crippen LogP contribution in [0.25, 0.3) is 0 Å². The lowest BCUT2D eigenvalue weighted by Crippen LogP contribution is -1.95. The first-order valence-corrected chi connectivity index (χ1v) is 6.47. The number of hydrogen-bond acceptors (Lipinski definition) is 3. The zero-order chi connectivity index (χ0) is 12.3. The van der Waals surface area contributed by atoms with Crippen molar-refractivity contribution in [3.63, 3.8) is 0 Å².